The lowest BCUT2D eigenvalue weighted by Gasteiger charge is -2.19. The van der Waals surface area contributed by atoms with Crippen molar-refractivity contribution in [3.8, 4) is 0 Å². The number of aromatic amines is 1. The van der Waals surface area contributed by atoms with Gasteiger partial charge in [0.25, 0.3) is 5.56 Å². The lowest BCUT2D eigenvalue weighted by Crippen LogP contribution is -2.14. The third-order valence-electron chi connectivity index (χ3n) is 3.94. The second-order valence-electron chi connectivity index (χ2n) is 6.08. The maximum atomic E-state index is 13.0. The number of aryl methyl sites for hydroxylation is 1. The van der Waals surface area contributed by atoms with Crippen molar-refractivity contribution < 1.29 is 13.2 Å². The number of hydrogen-bond donors (Lipinski definition) is 3. The van der Waals surface area contributed by atoms with Crippen molar-refractivity contribution in [3.63, 3.8) is 0 Å². The first-order valence-corrected chi connectivity index (χ1v) is 8.65. The number of nitrogens with two attached hydrogens (primary N) is 1. The van der Waals surface area contributed by atoms with Gasteiger partial charge in [-0.3, -0.25) is 4.79 Å². The Morgan fingerprint density at radius 2 is 1.93 bits per heavy atom. The van der Waals surface area contributed by atoms with Gasteiger partial charge in [-0.1, -0.05) is 0 Å². The SMILES string of the molecule is Cc1nc(N[C@H](C)c2cc(N)cc(C(F)(F)F)c2)c2cc(Br)c(=O)[nH]c2n1. The van der Waals surface area contributed by atoms with Crippen LogP contribution >= 0.6 is 15.9 Å². The van der Waals surface area contributed by atoms with Crippen LogP contribution in [0.5, 0.6) is 0 Å². The molecule has 10 heteroatoms. The fraction of sp³-hybridized carbons (Fsp3) is 0.235. The van der Waals surface area contributed by atoms with Gasteiger partial charge in [-0.25, -0.2) is 9.97 Å². The van der Waals surface area contributed by atoms with E-state index in [1.165, 1.54) is 6.07 Å². The van der Waals surface area contributed by atoms with Crippen molar-refractivity contribution in [1.82, 2.24) is 15.0 Å². The summed E-state index contributed by atoms with van der Waals surface area (Å²) in [5, 5.41) is 3.60. The van der Waals surface area contributed by atoms with E-state index in [4.69, 9.17) is 5.73 Å². The second-order valence-corrected chi connectivity index (χ2v) is 6.93. The molecule has 0 saturated carbocycles. The third-order valence-corrected chi connectivity index (χ3v) is 4.52. The van der Waals surface area contributed by atoms with Gasteiger partial charge >= 0.3 is 6.18 Å². The summed E-state index contributed by atoms with van der Waals surface area (Å²) in [6.45, 7) is 3.34. The lowest BCUT2D eigenvalue weighted by molar-refractivity contribution is -0.137. The minimum Gasteiger partial charge on any atom is -0.399 e. The molecule has 0 amide bonds. The first-order chi connectivity index (χ1) is 12.5. The number of fused-ring (bicyclic) bond motifs is 1. The number of benzene rings is 1. The molecule has 0 aliphatic heterocycles. The summed E-state index contributed by atoms with van der Waals surface area (Å²) in [5.74, 6) is 0.789. The maximum Gasteiger partial charge on any atom is 0.416 e. The molecule has 0 bridgehead atoms. The van der Waals surface area contributed by atoms with Crippen molar-refractivity contribution in [2.45, 2.75) is 26.1 Å². The Morgan fingerprint density at radius 1 is 1.22 bits per heavy atom. The Bertz CT molecular complexity index is 1080. The standard InChI is InChI=1S/C17H15BrF3N5O/c1-7(9-3-10(17(19,20)21)5-11(22)4-9)23-14-12-6-13(18)16(27)26-15(12)25-8(2)24-14/h3-7H,22H2,1-2H3,(H2,23,24,25,26,27)/t7-/m1/s1. The topological polar surface area (TPSA) is 96.7 Å². The zero-order chi connectivity index (χ0) is 19.9. The molecule has 1 aromatic carbocycles. The Labute approximate surface area is 160 Å². The van der Waals surface area contributed by atoms with Gasteiger partial charge in [0, 0.05) is 5.69 Å². The molecule has 0 fully saturated rings. The van der Waals surface area contributed by atoms with Crippen LogP contribution in [0.2, 0.25) is 0 Å². The number of nitrogens with zero attached hydrogens (tertiary/aromatic N) is 2. The fourth-order valence-corrected chi connectivity index (χ4v) is 2.99. The zero-order valence-electron chi connectivity index (χ0n) is 14.3. The number of nitrogens with one attached hydrogen (secondary N) is 2. The van der Waals surface area contributed by atoms with Gasteiger partial charge in [0.05, 0.1) is 21.5 Å². The molecule has 0 aliphatic rings. The minimum atomic E-state index is -4.49. The summed E-state index contributed by atoms with van der Waals surface area (Å²) in [4.78, 5) is 22.9. The number of anilines is 2. The molecule has 0 aliphatic carbocycles. The molecule has 0 radical (unpaired) electrons. The molecule has 2 heterocycles. The van der Waals surface area contributed by atoms with E-state index < -0.39 is 17.8 Å². The Morgan fingerprint density at radius 3 is 2.59 bits per heavy atom. The molecular weight excluding hydrogens is 427 g/mol. The van der Waals surface area contributed by atoms with E-state index in [9.17, 15) is 18.0 Å². The van der Waals surface area contributed by atoms with Gasteiger partial charge in [0.15, 0.2) is 0 Å². The molecule has 27 heavy (non-hydrogen) atoms. The number of halogens is 4. The van der Waals surface area contributed by atoms with E-state index in [0.29, 0.717) is 32.7 Å². The van der Waals surface area contributed by atoms with Crippen LogP contribution in [-0.4, -0.2) is 15.0 Å². The van der Waals surface area contributed by atoms with E-state index in [-0.39, 0.29) is 11.2 Å². The average molecular weight is 442 g/mol. The summed E-state index contributed by atoms with van der Waals surface area (Å²) in [6, 6.07) is 4.44. The average Bonchev–Trinajstić information content (AvgIpc) is 2.55. The van der Waals surface area contributed by atoms with Gasteiger partial charge in [0.1, 0.15) is 17.3 Å². The molecular formula is C17H15BrF3N5O. The van der Waals surface area contributed by atoms with E-state index in [1.807, 2.05) is 0 Å². The van der Waals surface area contributed by atoms with Gasteiger partial charge in [-0.05, 0) is 59.6 Å². The van der Waals surface area contributed by atoms with Gasteiger partial charge < -0.3 is 16.0 Å². The Kier molecular flexibility index (Phi) is 4.85. The van der Waals surface area contributed by atoms with Crippen LogP contribution in [0.1, 0.15) is 29.9 Å². The largest absolute Gasteiger partial charge is 0.416 e. The van der Waals surface area contributed by atoms with E-state index in [1.54, 1.807) is 19.9 Å². The van der Waals surface area contributed by atoms with Crippen molar-refractivity contribution in [1.29, 1.82) is 0 Å². The van der Waals surface area contributed by atoms with Crippen molar-refractivity contribution in [2.75, 3.05) is 11.1 Å². The highest BCUT2D eigenvalue weighted by molar-refractivity contribution is 9.10. The lowest BCUT2D eigenvalue weighted by atomic mass is 10.0. The van der Waals surface area contributed by atoms with Gasteiger partial charge in [-0.2, -0.15) is 13.2 Å². The smallest absolute Gasteiger partial charge is 0.399 e. The number of H-pyrrole nitrogens is 1. The molecule has 3 rings (SSSR count). The highest BCUT2D eigenvalue weighted by Crippen LogP contribution is 2.33. The normalized spacial score (nSPS) is 13.0. The molecule has 6 nitrogen and oxygen atoms in total. The molecule has 4 N–H and O–H groups in total. The highest BCUT2D eigenvalue weighted by Gasteiger charge is 2.31. The molecule has 0 saturated heterocycles. The van der Waals surface area contributed by atoms with Crippen LogP contribution < -0.4 is 16.6 Å². The van der Waals surface area contributed by atoms with Crippen LogP contribution in [-0.2, 0) is 6.18 Å². The van der Waals surface area contributed by atoms with Crippen molar-refractivity contribution >= 4 is 38.5 Å². The van der Waals surface area contributed by atoms with Crippen molar-refractivity contribution in [3.05, 3.63) is 56.0 Å². The number of nitrogen functional groups attached to an aromatic ring is 1. The van der Waals surface area contributed by atoms with Crippen LogP contribution in [0.15, 0.2) is 33.5 Å². The maximum absolute atomic E-state index is 13.0. The molecule has 0 spiro atoms. The number of pyridine rings is 1. The predicted octanol–water partition coefficient (Wildman–Crippen LogP) is 4.16. The number of alkyl halides is 3. The van der Waals surface area contributed by atoms with Crippen molar-refractivity contribution in [2.24, 2.45) is 0 Å². The summed E-state index contributed by atoms with van der Waals surface area (Å²) in [6.07, 6.45) is -4.49. The minimum absolute atomic E-state index is 0.0178. The monoisotopic (exact) mass is 441 g/mol. The molecule has 2 aromatic heterocycles. The first kappa shape index (κ1) is 19.2. The third kappa shape index (κ3) is 4.05. The molecule has 0 unspecified atom stereocenters. The number of hydrogen-bond acceptors (Lipinski definition) is 5. The fourth-order valence-electron chi connectivity index (χ4n) is 2.66. The van der Waals surface area contributed by atoms with Crippen LogP contribution in [0, 0.1) is 6.92 Å². The van der Waals surface area contributed by atoms with E-state index in [2.05, 4.69) is 36.2 Å². The summed E-state index contributed by atoms with van der Waals surface area (Å²) in [7, 11) is 0. The van der Waals surface area contributed by atoms with Gasteiger partial charge in [-0.15, -0.1) is 0 Å². The van der Waals surface area contributed by atoms with E-state index in [0.717, 1.165) is 12.1 Å². The Hall–Kier alpha value is -2.62. The second kappa shape index (κ2) is 6.84. The summed E-state index contributed by atoms with van der Waals surface area (Å²) >= 11 is 3.15. The predicted molar refractivity (Wildman–Crippen MR) is 100 cm³/mol. The zero-order valence-corrected chi connectivity index (χ0v) is 15.9. The first-order valence-electron chi connectivity index (χ1n) is 7.86. The quantitative estimate of drug-likeness (QED) is 0.530. The highest BCUT2D eigenvalue weighted by atomic mass is 79.9. The molecule has 3 aromatic rings. The van der Waals surface area contributed by atoms with Gasteiger partial charge in [0.2, 0.25) is 0 Å². The Balaban J connectivity index is 2.04. The molecule has 142 valence electrons. The summed E-state index contributed by atoms with van der Waals surface area (Å²) in [5.41, 5.74) is 5.18. The number of aromatic nitrogens is 3. The van der Waals surface area contributed by atoms with Crippen LogP contribution in [0.25, 0.3) is 11.0 Å². The van der Waals surface area contributed by atoms with E-state index >= 15 is 0 Å². The van der Waals surface area contributed by atoms with Crippen LogP contribution in [0.3, 0.4) is 0 Å². The van der Waals surface area contributed by atoms with Crippen LogP contribution in [0.4, 0.5) is 24.7 Å². The molecule has 1 atom stereocenters. The summed E-state index contributed by atoms with van der Waals surface area (Å²) < 4.78 is 39.4. The number of rotatable bonds is 3.